The van der Waals surface area contributed by atoms with Crippen LogP contribution in [0, 0.1) is 0 Å². The molecule has 1 fully saturated rings. The zero-order chi connectivity index (χ0) is 26.9. The van der Waals surface area contributed by atoms with E-state index in [2.05, 4.69) is 10.5 Å². The molecular weight excluding hydrogens is 543 g/mol. The van der Waals surface area contributed by atoms with E-state index in [9.17, 15) is 14.4 Å². The second-order valence-corrected chi connectivity index (χ2v) is 9.54. The summed E-state index contributed by atoms with van der Waals surface area (Å²) in [5.74, 6) is -2.68. The monoisotopic (exact) mass is 566 g/mol. The van der Waals surface area contributed by atoms with Crippen molar-refractivity contribution in [3.8, 4) is 0 Å². The van der Waals surface area contributed by atoms with Crippen LogP contribution in [-0.2, 0) is 14.4 Å². The quantitative estimate of drug-likeness (QED) is 0.411. The van der Waals surface area contributed by atoms with Crippen LogP contribution in [0.2, 0.25) is 15.1 Å². The molecule has 2 heterocycles. The van der Waals surface area contributed by atoms with Crippen molar-refractivity contribution in [1.82, 2.24) is 10.4 Å². The highest BCUT2D eigenvalue weighted by Crippen LogP contribution is 2.39. The van der Waals surface area contributed by atoms with Crippen LogP contribution in [0.5, 0.6) is 0 Å². The number of nitrogens with zero attached hydrogens (tertiary/aromatic N) is 3. The number of hydrazone groups is 1. The van der Waals surface area contributed by atoms with Gasteiger partial charge in [0.25, 0.3) is 5.91 Å². The largest absolute Gasteiger partial charge is 0.478 e. The molecule has 0 radical (unpaired) electrons. The fourth-order valence-electron chi connectivity index (χ4n) is 3.84. The third-order valence-corrected chi connectivity index (χ3v) is 6.36. The van der Waals surface area contributed by atoms with Crippen LogP contribution >= 0.6 is 34.8 Å². The second-order valence-electron chi connectivity index (χ2n) is 8.26. The summed E-state index contributed by atoms with van der Waals surface area (Å²) in [4.78, 5) is 32.0. The number of carboxylic acid groups (broad SMARTS) is 2. The normalized spacial score (nSPS) is 17.6. The molecule has 1 amide bonds. The molecule has 3 N–H and O–H groups in total. The van der Waals surface area contributed by atoms with Gasteiger partial charge in [0.1, 0.15) is 5.71 Å². The summed E-state index contributed by atoms with van der Waals surface area (Å²) in [6, 6.07) is 12.7. The van der Waals surface area contributed by atoms with Crippen molar-refractivity contribution in [2.45, 2.75) is 31.7 Å². The molecule has 1 atom stereocenters. The number of hydrogen-bond acceptors (Lipinski definition) is 6. The lowest BCUT2D eigenvalue weighted by atomic mass is 10.0. The predicted molar refractivity (Wildman–Crippen MR) is 143 cm³/mol. The Morgan fingerprint density at radius 2 is 1.49 bits per heavy atom. The molecule has 9 nitrogen and oxygen atoms in total. The smallest absolute Gasteiger partial charge is 0.328 e. The first kappa shape index (κ1) is 28.5. The third-order valence-electron chi connectivity index (χ3n) is 5.57. The Balaban J connectivity index is 0.000000414. The molecule has 0 bridgehead atoms. The number of anilines is 1. The van der Waals surface area contributed by atoms with E-state index in [0.29, 0.717) is 45.0 Å². The maximum absolute atomic E-state index is 12.9. The van der Waals surface area contributed by atoms with Crippen LogP contribution in [0.3, 0.4) is 0 Å². The summed E-state index contributed by atoms with van der Waals surface area (Å²) in [6.45, 7) is 1.73. The first-order chi connectivity index (χ1) is 17.6. The molecule has 4 rings (SSSR count). The van der Waals surface area contributed by atoms with Crippen LogP contribution < -0.4 is 10.4 Å². The van der Waals surface area contributed by atoms with Gasteiger partial charge in [-0.2, -0.15) is 5.10 Å². The van der Waals surface area contributed by atoms with Crippen LogP contribution in [0.1, 0.15) is 37.3 Å². The number of halogens is 3. The number of hydrogen-bond donors (Lipinski definition) is 3. The highest BCUT2D eigenvalue weighted by atomic mass is 35.5. The number of piperidine rings is 1. The van der Waals surface area contributed by atoms with Gasteiger partial charge in [0, 0.05) is 41.7 Å². The number of rotatable bonds is 6. The standard InChI is InChI=1S/C21H21Cl3N4O.C4H4O4/c22-15-6-4-14(5-7-15)20-13-18(21(29)26-27-10-2-1-3-11-27)25-28(20)19-9-8-16(23)12-17(19)24;5-3(6)1-2-4(7)8/h4-9,12,20H,1-3,10-11,13H2,(H,26,29);1-2H,(H,5,6)(H,7,8)/b;2-1+. The van der Waals surface area contributed by atoms with Gasteiger partial charge in [0.2, 0.25) is 0 Å². The lowest BCUT2D eigenvalue weighted by Crippen LogP contribution is -2.47. The number of carbonyl (C=O) groups is 3. The minimum atomic E-state index is -1.26. The molecular formula is C25H25Cl3N4O5. The summed E-state index contributed by atoms with van der Waals surface area (Å²) in [5, 5.41) is 25.7. The summed E-state index contributed by atoms with van der Waals surface area (Å²) in [7, 11) is 0. The Morgan fingerprint density at radius 1 is 0.892 bits per heavy atom. The zero-order valence-electron chi connectivity index (χ0n) is 19.6. The third kappa shape index (κ3) is 8.46. The van der Waals surface area contributed by atoms with E-state index in [1.807, 2.05) is 35.3 Å². The van der Waals surface area contributed by atoms with Crippen LogP contribution in [0.4, 0.5) is 5.69 Å². The number of nitrogens with one attached hydrogen (secondary N) is 1. The minimum absolute atomic E-state index is 0.159. The molecule has 2 aliphatic heterocycles. The lowest BCUT2D eigenvalue weighted by molar-refractivity contribution is -0.134. The molecule has 2 aromatic carbocycles. The van der Waals surface area contributed by atoms with Crippen LogP contribution in [0.25, 0.3) is 0 Å². The van der Waals surface area contributed by atoms with Gasteiger partial charge in [-0.25, -0.2) is 14.6 Å². The highest BCUT2D eigenvalue weighted by Gasteiger charge is 2.34. The van der Waals surface area contributed by atoms with Crippen molar-refractivity contribution in [2.24, 2.45) is 5.10 Å². The first-order valence-corrected chi connectivity index (χ1v) is 12.5. The molecule has 0 aromatic heterocycles. The molecule has 0 spiro atoms. The number of hydrazine groups is 1. The zero-order valence-corrected chi connectivity index (χ0v) is 21.9. The van der Waals surface area contributed by atoms with E-state index in [-0.39, 0.29) is 11.9 Å². The maximum Gasteiger partial charge on any atom is 0.328 e. The van der Waals surface area contributed by atoms with Crippen molar-refractivity contribution in [1.29, 1.82) is 0 Å². The SMILES string of the molecule is O=C(NN1CCCCC1)C1=NN(c2ccc(Cl)cc2Cl)C(c2ccc(Cl)cc2)C1.O=C(O)/C=C/C(=O)O. The van der Waals surface area contributed by atoms with Gasteiger partial charge >= 0.3 is 11.9 Å². The fraction of sp³-hybridized carbons (Fsp3) is 0.280. The van der Waals surface area contributed by atoms with E-state index < -0.39 is 11.9 Å². The number of carbonyl (C=O) groups excluding carboxylic acids is 1. The Kier molecular flexibility index (Phi) is 10.3. The van der Waals surface area contributed by atoms with Gasteiger partial charge in [0.15, 0.2) is 0 Å². The number of amides is 1. The summed E-state index contributed by atoms with van der Waals surface area (Å²) >= 11 is 18.6. The predicted octanol–water partition coefficient (Wildman–Crippen LogP) is 5.18. The molecule has 0 saturated carbocycles. The van der Waals surface area contributed by atoms with E-state index in [1.54, 1.807) is 17.1 Å². The van der Waals surface area contributed by atoms with Gasteiger partial charge in [-0.3, -0.25) is 15.2 Å². The van der Waals surface area contributed by atoms with Crippen molar-refractivity contribution in [3.63, 3.8) is 0 Å². The molecule has 2 aliphatic rings. The minimum Gasteiger partial charge on any atom is -0.478 e. The van der Waals surface area contributed by atoms with Gasteiger partial charge in [0.05, 0.1) is 16.8 Å². The molecule has 37 heavy (non-hydrogen) atoms. The number of aliphatic carboxylic acids is 2. The molecule has 2 aromatic rings. The second kappa shape index (κ2) is 13.4. The first-order valence-electron chi connectivity index (χ1n) is 11.4. The van der Waals surface area contributed by atoms with E-state index in [4.69, 9.17) is 45.0 Å². The van der Waals surface area contributed by atoms with Crippen molar-refractivity contribution in [2.75, 3.05) is 18.1 Å². The van der Waals surface area contributed by atoms with Crippen molar-refractivity contribution >= 4 is 64.0 Å². The van der Waals surface area contributed by atoms with Crippen molar-refractivity contribution in [3.05, 3.63) is 75.2 Å². The Labute approximate surface area is 228 Å². The molecule has 1 saturated heterocycles. The average Bonchev–Trinajstić information content (AvgIpc) is 3.29. The average molecular weight is 568 g/mol. The highest BCUT2D eigenvalue weighted by molar-refractivity contribution is 6.40. The van der Waals surface area contributed by atoms with Crippen LogP contribution in [0.15, 0.2) is 59.7 Å². The van der Waals surface area contributed by atoms with Crippen molar-refractivity contribution < 1.29 is 24.6 Å². The summed E-state index contributed by atoms with van der Waals surface area (Å²) in [6.07, 6.45) is 4.97. The molecule has 1 unspecified atom stereocenters. The Hall–Kier alpha value is -3.11. The summed E-state index contributed by atoms with van der Waals surface area (Å²) in [5.41, 5.74) is 5.18. The fourth-order valence-corrected chi connectivity index (χ4v) is 4.46. The number of benzene rings is 2. The molecule has 196 valence electrons. The Morgan fingerprint density at radius 3 is 2.05 bits per heavy atom. The summed E-state index contributed by atoms with van der Waals surface area (Å²) < 4.78 is 0. The molecule has 12 heteroatoms. The van der Waals surface area contributed by atoms with Gasteiger partial charge in [-0.15, -0.1) is 0 Å². The van der Waals surface area contributed by atoms with E-state index >= 15 is 0 Å². The number of carboxylic acids is 2. The van der Waals surface area contributed by atoms with Gasteiger partial charge in [-0.05, 0) is 48.7 Å². The maximum atomic E-state index is 12.9. The topological polar surface area (TPSA) is 123 Å². The molecule has 0 aliphatic carbocycles. The van der Waals surface area contributed by atoms with Gasteiger partial charge in [-0.1, -0.05) is 53.4 Å². The Bertz CT molecular complexity index is 1180. The van der Waals surface area contributed by atoms with E-state index in [1.165, 1.54) is 6.42 Å². The lowest BCUT2D eigenvalue weighted by Gasteiger charge is -2.26. The van der Waals surface area contributed by atoms with Crippen LogP contribution in [-0.4, -0.2) is 51.9 Å². The van der Waals surface area contributed by atoms with E-state index in [0.717, 1.165) is 31.5 Å². The van der Waals surface area contributed by atoms with Gasteiger partial charge < -0.3 is 10.2 Å².